The molecular weight excluding hydrogens is 264 g/mol. The number of methoxy groups -OCH3 is 1. The third-order valence-corrected chi connectivity index (χ3v) is 3.86. The van der Waals surface area contributed by atoms with Gasteiger partial charge in [-0.15, -0.1) is 0 Å². The van der Waals surface area contributed by atoms with E-state index in [1.807, 2.05) is 32.2 Å². The van der Waals surface area contributed by atoms with E-state index in [4.69, 9.17) is 4.74 Å². The number of aryl methyl sites for hydroxylation is 1. The van der Waals surface area contributed by atoms with Crippen LogP contribution in [0, 0.1) is 6.92 Å². The van der Waals surface area contributed by atoms with E-state index in [9.17, 15) is 0 Å². The highest BCUT2D eigenvalue weighted by Gasteiger charge is 2.25. The second-order valence-electron chi connectivity index (χ2n) is 5.20. The number of fused-ring (bicyclic) bond motifs is 1. The minimum absolute atomic E-state index is 0.272. The zero-order chi connectivity index (χ0) is 14.8. The Morgan fingerprint density at radius 3 is 2.81 bits per heavy atom. The molecule has 0 spiro atoms. The average Bonchev–Trinajstić information content (AvgIpc) is 2.89. The number of benzene rings is 1. The topological polar surface area (TPSA) is 59.1 Å². The van der Waals surface area contributed by atoms with Gasteiger partial charge in [0.2, 0.25) is 0 Å². The van der Waals surface area contributed by atoms with Crippen LogP contribution >= 0.6 is 0 Å². The summed E-state index contributed by atoms with van der Waals surface area (Å²) in [6.07, 6.45) is 2.08. The van der Waals surface area contributed by atoms with E-state index in [0.29, 0.717) is 0 Å². The molecule has 1 heterocycles. The number of ether oxygens (including phenoxy) is 1. The zero-order valence-corrected chi connectivity index (χ0v) is 12.6. The van der Waals surface area contributed by atoms with E-state index in [-0.39, 0.29) is 6.04 Å². The molecule has 5 nitrogen and oxygen atoms in total. The van der Waals surface area contributed by atoms with Crippen molar-refractivity contribution >= 4 is 11.6 Å². The van der Waals surface area contributed by atoms with E-state index in [2.05, 4.69) is 26.7 Å². The number of hydrogen-bond acceptors (Lipinski definition) is 5. The number of anilines is 2. The average molecular weight is 284 g/mol. The zero-order valence-electron chi connectivity index (χ0n) is 12.6. The fraction of sp³-hybridized carbons (Fsp3) is 0.375. The molecule has 0 bridgehead atoms. The van der Waals surface area contributed by atoms with Crippen LogP contribution in [0.3, 0.4) is 0 Å². The Balaban J connectivity index is 1.87. The van der Waals surface area contributed by atoms with Gasteiger partial charge < -0.3 is 15.4 Å². The Bertz CT molecular complexity index is 657. The van der Waals surface area contributed by atoms with E-state index < -0.39 is 0 Å². The Kier molecular flexibility index (Phi) is 3.64. The van der Waals surface area contributed by atoms with Crippen LogP contribution in [0.25, 0.3) is 0 Å². The monoisotopic (exact) mass is 284 g/mol. The fourth-order valence-corrected chi connectivity index (χ4v) is 2.91. The van der Waals surface area contributed by atoms with Crippen LogP contribution in [0.5, 0.6) is 5.75 Å². The van der Waals surface area contributed by atoms with Crippen molar-refractivity contribution in [2.75, 3.05) is 24.8 Å². The molecule has 1 aliphatic carbocycles. The van der Waals surface area contributed by atoms with Crippen molar-refractivity contribution < 1.29 is 4.74 Å². The molecule has 0 radical (unpaired) electrons. The molecule has 0 saturated heterocycles. The third kappa shape index (κ3) is 2.63. The molecule has 0 saturated carbocycles. The van der Waals surface area contributed by atoms with Crippen molar-refractivity contribution in [3.8, 4) is 5.75 Å². The fourth-order valence-electron chi connectivity index (χ4n) is 2.91. The van der Waals surface area contributed by atoms with E-state index >= 15 is 0 Å². The van der Waals surface area contributed by atoms with Crippen molar-refractivity contribution in [2.24, 2.45) is 0 Å². The van der Waals surface area contributed by atoms with Crippen LogP contribution in [0.4, 0.5) is 11.6 Å². The highest BCUT2D eigenvalue weighted by molar-refractivity contribution is 5.52. The maximum absolute atomic E-state index is 5.45. The van der Waals surface area contributed by atoms with Crippen LogP contribution in [-0.2, 0) is 6.42 Å². The SMILES string of the molecule is CNc1cc(NC2CCc3c(OC)cccc32)nc(C)n1. The maximum atomic E-state index is 5.45. The van der Waals surface area contributed by atoms with E-state index in [1.165, 1.54) is 11.1 Å². The summed E-state index contributed by atoms with van der Waals surface area (Å²) in [6, 6.07) is 8.44. The summed E-state index contributed by atoms with van der Waals surface area (Å²) in [5.74, 6) is 3.42. The third-order valence-electron chi connectivity index (χ3n) is 3.86. The summed E-state index contributed by atoms with van der Waals surface area (Å²) in [6.45, 7) is 1.90. The van der Waals surface area contributed by atoms with Crippen LogP contribution < -0.4 is 15.4 Å². The molecule has 1 aromatic heterocycles. The molecule has 3 rings (SSSR count). The van der Waals surface area contributed by atoms with Crippen molar-refractivity contribution in [3.05, 3.63) is 41.2 Å². The Hall–Kier alpha value is -2.30. The summed E-state index contributed by atoms with van der Waals surface area (Å²) >= 11 is 0. The Morgan fingerprint density at radius 2 is 2.05 bits per heavy atom. The van der Waals surface area contributed by atoms with Crippen molar-refractivity contribution in [2.45, 2.75) is 25.8 Å². The molecular formula is C16H20N4O. The smallest absolute Gasteiger partial charge is 0.132 e. The highest BCUT2D eigenvalue weighted by Crippen LogP contribution is 2.38. The molecule has 0 amide bonds. The highest BCUT2D eigenvalue weighted by atomic mass is 16.5. The minimum Gasteiger partial charge on any atom is -0.496 e. The van der Waals surface area contributed by atoms with Gasteiger partial charge in [0.1, 0.15) is 23.2 Å². The Labute approximate surface area is 124 Å². The molecule has 1 unspecified atom stereocenters. The van der Waals surface area contributed by atoms with Gasteiger partial charge in [0, 0.05) is 13.1 Å². The predicted octanol–water partition coefficient (Wildman–Crippen LogP) is 2.93. The predicted molar refractivity (Wildman–Crippen MR) is 84.0 cm³/mol. The van der Waals surface area contributed by atoms with Gasteiger partial charge in [-0.3, -0.25) is 0 Å². The number of hydrogen-bond donors (Lipinski definition) is 2. The van der Waals surface area contributed by atoms with Gasteiger partial charge in [-0.05, 0) is 37.0 Å². The van der Waals surface area contributed by atoms with Crippen LogP contribution in [0.2, 0.25) is 0 Å². The summed E-state index contributed by atoms with van der Waals surface area (Å²) < 4.78 is 5.45. The van der Waals surface area contributed by atoms with Gasteiger partial charge in [0.15, 0.2) is 0 Å². The second-order valence-corrected chi connectivity index (χ2v) is 5.20. The van der Waals surface area contributed by atoms with Gasteiger partial charge in [0.25, 0.3) is 0 Å². The first kappa shape index (κ1) is 13.7. The first-order valence-electron chi connectivity index (χ1n) is 7.17. The Morgan fingerprint density at radius 1 is 1.24 bits per heavy atom. The first-order valence-corrected chi connectivity index (χ1v) is 7.17. The van der Waals surface area contributed by atoms with Crippen molar-refractivity contribution in [3.63, 3.8) is 0 Å². The van der Waals surface area contributed by atoms with Crippen LogP contribution in [0.1, 0.15) is 29.4 Å². The van der Waals surface area contributed by atoms with Gasteiger partial charge in [0.05, 0.1) is 13.2 Å². The molecule has 0 aliphatic heterocycles. The minimum atomic E-state index is 0.272. The standard InChI is InChI=1S/C16H20N4O/c1-10-18-15(17-2)9-16(19-10)20-13-8-7-12-11(13)5-4-6-14(12)21-3/h4-6,9,13H,7-8H2,1-3H3,(H2,17,18,19,20). The number of aromatic nitrogens is 2. The number of nitrogens with one attached hydrogen (secondary N) is 2. The van der Waals surface area contributed by atoms with Gasteiger partial charge in [-0.1, -0.05) is 12.1 Å². The lowest BCUT2D eigenvalue weighted by atomic mass is 10.1. The lowest BCUT2D eigenvalue weighted by molar-refractivity contribution is 0.410. The van der Waals surface area contributed by atoms with Gasteiger partial charge >= 0.3 is 0 Å². The molecule has 5 heteroatoms. The lowest BCUT2D eigenvalue weighted by Gasteiger charge is -2.16. The van der Waals surface area contributed by atoms with Gasteiger partial charge in [-0.2, -0.15) is 0 Å². The summed E-state index contributed by atoms with van der Waals surface area (Å²) in [5.41, 5.74) is 2.61. The molecule has 0 fully saturated rings. The summed E-state index contributed by atoms with van der Waals surface area (Å²) in [7, 11) is 3.59. The molecule has 1 atom stereocenters. The van der Waals surface area contributed by atoms with Crippen LogP contribution in [0.15, 0.2) is 24.3 Å². The largest absolute Gasteiger partial charge is 0.496 e. The van der Waals surface area contributed by atoms with Gasteiger partial charge in [-0.25, -0.2) is 9.97 Å². The molecule has 21 heavy (non-hydrogen) atoms. The maximum Gasteiger partial charge on any atom is 0.132 e. The lowest BCUT2D eigenvalue weighted by Crippen LogP contribution is -2.10. The summed E-state index contributed by atoms with van der Waals surface area (Å²) in [5, 5.41) is 6.58. The first-order chi connectivity index (χ1) is 10.2. The van der Waals surface area contributed by atoms with Crippen molar-refractivity contribution in [1.29, 1.82) is 0 Å². The number of nitrogens with zero attached hydrogens (tertiary/aromatic N) is 2. The normalized spacial score (nSPS) is 16.4. The summed E-state index contributed by atoms with van der Waals surface area (Å²) in [4.78, 5) is 8.78. The van der Waals surface area contributed by atoms with Crippen LogP contribution in [-0.4, -0.2) is 24.1 Å². The molecule has 1 aliphatic rings. The second kappa shape index (κ2) is 5.60. The molecule has 1 aromatic carbocycles. The number of rotatable bonds is 4. The van der Waals surface area contributed by atoms with Crippen molar-refractivity contribution in [1.82, 2.24) is 9.97 Å². The molecule has 110 valence electrons. The molecule has 2 N–H and O–H groups in total. The molecule has 2 aromatic rings. The van der Waals surface area contributed by atoms with E-state index in [1.54, 1.807) is 7.11 Å². The quantitative estimate of drug-likeness (QED) is 0.904. The van der Waals surface area contributed by atoms with E-state index in [0.717, 1.165) is 36.1 Å².